The van der Waals surface area contributed by atoms with Crippen LogP contribution in [0.1, 0.15) is 12.8 Å². The van der Waals surface area contributed by atoms with Crippen LogP contribution in [0.15, 0.2) is 0 Å². The van der Waals surface area contributed by atoms with Crippen LogP contribution in [0, 0.1) is 0 Å². The fourth-order valence-corrected chi connectivity index (χ4v) is 2.55. The SMILES string of the molecule is FC(F)(F)C(N1CCCC1)C(F)(F)C1COCCO1. The van der Waals surface area contributed by atoms with Gasteiger partial charge in [-0.25, -0.2) is 8.78 Å². The van der Waals surface area contributed by atoms with E-state index < -0.39 is 30.9 Å². The Morgan fingerprint density at radius 3 is 2.11 bits per heavy atom. The van der Waals surface area contributed by atoms with E-state index in [-0.39, 0.29) is 26.3 Å². The highest BCUT2D eigenvalue weighted by atomic mass is 19.4. The van der Waals surface area contributed by atoms with Crippen molar-refractivity contribution in [3.63, 3.8) is 0 Å². The molecule has 0 saturated carbocycles. The maximum absolute atomic E-state index is 14.2. The van der Waals surface area contributed by atoms with Crippen molar-refractivity contribution in [3.05, 3.63) is 0 Å². The van der Waals surface area contributed by atoms with E-state index in [9.17, 15) is 22.0 Å². The molecule has 0 N–H and O–H groups in total. The summed E-state index contributed by atoms with van der Waals surface area (Å²) in [4.78, 5) is 0.804. The molecule has 2 unspecified atom stereocenters. The Morgan fingerprint density at radius 2 is 1.63 bits per heavy atom. The lowest BCUT2D eigenvalue weighted by Gasteiger charge is -2.40. The first-order valence-corrected chi connectivity index (χ1v) is 6.21. The van der Waals surface area contributed by atoms with Gasteiger partial charge in [-0.3, -0.25) is 4.90 Å². The molecule has 0 bridgehead atoms. The molecular formula is C11H16F5NO2. The van der Waals surface area contributed by atoms with Crippen molar-refractivity contribution < 1.29 is 31.4 Å². The lowest BCUT2D eigenvalue weighted by molar-refractivity contribution is -0.286. The van der Waals surface area contributed by atoms with Gasteiger partial charge in [0.05, 0.1) is 19.8 Å². The van der Waals surface area contributed by atoms with E-state index in [1.807, 2.05) is 0 Å². The molecule has 2 heterocycles. The fraction of sp³-hybridized carbons (Fsp3) is 1.00. The zero-order chi connectivity index (χ0) is 14.1. The summed E-state index contributed by atoms with van der Waals surface area (Å²) in [5, 5.41) is 0. The van der Waals surface area contributed by atoms with Crippen LogP contribution in [0.4, 0.5) is 22.0 Å². The summed E-state index contributed by atoms with van der Waals surface area (Å²) >= 11 is 0. The van der Waals surface area contributed by atoms with Crippen LogP contribution in [0.2, 0.25) is 0 Å². The van der Waals surface area contributed by atoms with Gasteiger partial charge in [0.1, 0.15) is 6.10 Å². The Hall–Kier alpha value is -0.470. The van der Waals surface area contributed by atoms with Gasteiger partial charge >= 0.3 is 6.18 Å². The molecule has 0 aromatic rings. The summed E-state index contributed by atoms with van der Waals surface area (Å²) in [5.41, 5.74) is 0. The standard InChI is InChI=1S/C11H16F5NO2/c12-10(13,8-7-18-5-6-19-8)9(11(14,15)16)17-3-1-2-4-17/h8-9H,1-7H2. The van der Waals surface area contributed by atoms with Crippen LogP contribution in [0.25, 0.3) is 0 Å². The molecule has 2 aliphatic heterocycles. The largest absolute Gasteiger partial charge is 0.410 e. The van der Waals surface area contributed by atoms with Crippen molar-refractivity contribution in [2.45, 2.75) is 37.1 Å². The number of hydrogen-bond acceptors (Lipinski definition) is 3. The molecule has 19 heavy (non-hydrogen) atoms. The Balaban J connectivity index is 2.19. The zero-order valence-corrected chi connectivity index (χ0v) is 10.3. The minimum absolute atomic E-state index is 0.0351. The van der Waals surface area contributed by atoms with Crippen molar-refractivity contribution in [2.24, 2.45) is 0 Å². The van der Waals surface area contributed by atoms with Gasteiger partial charge in [-0.1, -0.05) is 0 Å². The molecule has 0 aromatic carbocycles. The van der Waals surface area contributed by atoms with Crippen molar-refractivity contribution in [1.82, 2.24) is 4.90 Å². The van der Waals surface area contributed by atoms with Crippen molar-refractivity contribution in [3.8, 4) is 0 Å². The number of alkyl halides is 5. The van der Waals surface area contributed by atoms with Crippen LogP contribution in [-0.4, -0.2) is 62.1 Å². The van der Waals surface area contributed by atoms with Crippen LogP contribution in [-0.2, 0) is 9.47 Å². The fourth-order valence-electron chi connectivity index (χ4n) is 2.55. The summed E-state index contributed by atoms with van der Waals surface area (Å²) in [6, 6.07) is -2.80. The van der Waals surface area contributed by atoms with Crippen molar-refractivity contribution >= 4 is 0 Å². The average Bonchev–Trinajstić information content (AvgIpc) is 2.81. The van der Waals surface area contributed by atoms with Gasteiger partial charge < -0.3 is 9.47 Å². The molecule has 2 aliphatic rings. The van der Waals surface area contributed by atoms with E-state index >= 15 is 0 Å². The molecule has 8 heteroatoms. The molecule has 3 nitrogen and oxygen atoms in total. The number of rotatable bonds is 3. The number of halogens is 5. The Morgan fingerprint density at radius 1 is 1.00 bits per heavy atom. The smallest absolute Gasteiger partial charge is 0.376 e. The summed E-state index contributed by atoms with van der Waals surface area (Å²) in [5.74, 6) is -4.01. The van der Waals surface area contributed by atoms with E-state index in [1.54, 1.807) is 0 Å². The van der Waals surface area contributed by atoms with Crippen molar-refractivity contribution in [1.29, 1.82) is 0 Å². The highest BCUT2D eigenvalue weighted by molar-refractivity contribution is 4.98. The van der Waals surface area contributed by atoms with Gasteiger partial charge in [0.15, 0.2) is 6.04 Å². The minimum atomic E-state index is -4.99. The minimum Gasteiger partial charge on any atom is -0.376 e. The second-order valence-corrected chi connectivity index (χ2v) is 4.80. The third kappa shape index (κ3) is 3.17. The average molecular weight is 289 g/mol. The first-order valence-electron chi connectivity index (χ1n) is 6.21. The normalized spacial score (nSPS) is 28.6. The monoisotopic (exact) mass is 289 g/mol. The number of hydrogen-bond donors (Lipinski definition) is 0. The third-order valence-corrected chi connectivity index (χ3v) is 3.43. The molecule has 0 aromatic heterocycles. The van der Waals surface area contributed by atoms with Gasteiger partial charge in [-0.2, -0.15) is 13.2 Å². The lowest BCUT2D eigenvalue weighted by Crippen LogP contribution is -2.62. The zero-order valence-electron chi connectivity index (χ0n) is 10.3. The summed E-state index contributed by atoms with van der Waals surface area (Å²) in [7, 11) is 0. The van der Waals surface area contributed by atoms with E-state index in [4.69, 9.17) is 9.47 Å². The van der Waals surface area contributed by atoms with Gasteiger partial charge in [-0.15, -0.1) is 0 Å². The highest BCUT2D eigenvalue weighted by Crippen LogP contribution is 2.41. The second kappa shape index (κ2) is 5.49. The predicted molar refractivity (Wildman–Crippen MR) is 56.2 cm³/mol. The maximum Gasteiger partial charge on any atom is 0.410 e. The van der Waals surface area contributed by atoms with Crippen LogP contribution >= 0.6 is 0 Å². The number of nitrogens with zero attached hydrogens (tertiary/aromatic N) is 1. The van der Waals surface area contributed by atoms with Gasteiger partial charge in [-0.05, 0) is 25.9 Å². The second-order valence-electron chi connectivity index (χ2n) is 4.80. The molecule has 0 spiro atoms. The Labute approximate surface area is 107 Å². The molecule has 0 aliphatic carbocycles. The maximum atomic E-state index is 14.2. The first-order chi connectivity index (χ1) is 8.83. The summed E-state index contributed by atoms with van der Waals surface area (Å²) in [6.07, 6.45) is -5.82. The van der Waals surface area contributed by atoms with E-state index in [0.29, 0.717) is 12.8 Å². The topological polar surface area (TPSA) is 21.7 Å². The van der Waals surface area contributed by atoms with Crippen molar-refractivity contribution in [2.75, 3.05) is 32.9 Å². The summed E-state index contributed by atoms with van der Waals surface area (Å²) in [6.45, 7) is -0.411. The Bertz CT molecular complexity index is 298. The third-order valence-electron chi connectivity index (χ3n) is 3.43. The number of likely N-dealkylation sites (tertiary alicyclic amines) is 1. The van der Waals surface area contributed by atoms with E-state index in [1.165, 1.54) is 0 Å². The quantitative estimate of drug-likeness (QED) is 0.742. The van der Waals surface area contributed by atoms with E-state index in [2.05, 4.69) is 0 Å². The number of ether oxygens (including phenoxy) is 2. The summed E-state index contributed by atoms with van der Waals surface area (Å²) < 4.78 is 76.9. The molecule has 2 fully saturated rings. The predicted octanol–water partition coefficient (Wildman–Crippen LogP) is 2.06. The van der Waals surface area contributed by atoms with Crippen LogP contribution < -0.4 is 0 Å². The molecule has 2 rings (SSSR count). The molecule has 0 radical (unpaired) electrons. The molecule has 2 atom stereocenters. The van der Waals surface area contributed by atoms with Crippen LogP contribution in [0.5, 0.6) is 0 Å². The van der Waals surface area contributed by atoms with Gasteiger partial charge in [0.2, 0.25) is 0 Å². The van der Waals surface area contributed by atoms with Crippen LogP contribution in [0.3, 0.4) is 0 Å². The molecular weight excluding hydrogens is 273 g/mol. The Kier molecular flexibility index (Phi) is 4.32. The van der Waals surface area contributed by atoms with Gasteiger partial charge in [0, 0.05) is 0 Å². The lowest BCUT2D eigenvalue weighted by atomic mass is 10.0. The molecule has 2 saturated heterocycles. The molecule has 112 valence electrons. The van der Waals surface area contributed by atoms with E-state index in [0.717, 1.165) is 4.90 Å². The van der Waals surface area contributed by atoms with Gasteiger partial charge in [0.25, 0.3) is 5.92 Å². The molecule has 0 amide bonds. The highest BCUT2D eigenvalue weighted by Gasteiger charge is 2.62. The first kappa shape index (κ1) is 14.9.